The number of benzene rings is 1. The molecule has 21 heavy (non-hydrogen) atoms. The van der Waals surface area contributed by atoms with E-state index in [9.17, 15) is 9.59 Å². The van der Waals surface area contributed by atoms with Gasteiger partial charge in [0.2, 0.25) is 5.91 Å². The number of carbonyl (C=O) groups excluding carboxylic acids is 2. The maximum absolute atomic E-state index is 11.9. The van der Waals surface area contributed by atoms with Crippen molar-refractivity contribution >= 4 is 17.6 Å². The number of urea groups is 1. The molecule has 4 N–H and O–H groups in total. The number of pyridine rings is 1. The minimum atomic E-state index is -0.769. The first-order valence-corrected chi connectivity index (χ1v) is 6.46. The van der Waals surface area contributed by atoms with Crippen LogP contribution in [0, 0.1) is 0 Å². The summed E-state index contributed by atoms with van der Waals surface area (Å²) in [5, 5.41) is 5.18. The number of nitrogens with zero attached hydrogens (tertiary/aromatic N) is 1. The molecule has 3 amide bonds. The Kier molecular flexibility index (Phi) is 4.87. The lowest BCUT2D eigenvalue weighted by molar-refractivity contribution is -0.119. The van der Waals surface area contributed by atoms with Gasteiger partial charge in [0.05, 0.1) is 0 Å². The average Bonchev–Trinajstić information content (AvgIpc) is 2.48. The van der Waals surface area contributed by atoms with Crippen molar-refractivity contribution in [1.82, 2.24) is 10.3 Å². The molecule has 0 bridgehead atoms. The molecule has 1 aromatic heterocycles. The Morgan fingerprint density at radius 3 is 2.38 bits per heavy atom. The van der Waals surface area contributed by atoms with Crippen LogP contribution in [0.5, 0.6) is 0 Å². The zero-order valence-corrected chi connectivity index (χ0v) is 11.3. The third-order valence-electron chi connectivity index (χ3n) is 2.87. The fraction of sp³-hybridized carbons (Fsp3) is 0.133. The zero-order chi connectivity index (χ0) is 15.1. The van der Waals surface area contributed by atoms with Gasteiger partial charge in [-0.2, -0.15) is 0 Å². The molecule has 108 valence electrons. The van der Waals surface area contributed by atoms with Gasteiger partial charge in [0.15, 0.2) is 0 Å². The van der Waals surface area contributed by atoms with Crippen molar-refractivity contribution in [1.29, 1.82) is 0 Å². The molecule has 2 aromatic rings. The fourth-order valence-corrected chi connectivity index (χ4v) is 1.83. The van der Waals surface area contributed by atoms with Gasteiger partial charge in [-0.05, 0) is 17.7 Å². The second kappa shape index (κ2) is 7.04. The Hall–Kier alpha value is -2.89. The normalized spacial score (nSPS) is 11.4. The second-order valence-corrected chi connectivity index (χ2v) is 4.48. The average molecular weight is 284 g/mol. The summed E-state index contributed by atoms with van der Waals surface area (Å²) in [7, 11) is 0. The quantitative estimate of drug-likeness (QED) is 0.772. The van der Waals surface area contributed by atoms with E-state index in [4.69, 9.17) is 5.73 Å². The van der Waals surface area contributed by atoms with Crippen LogP contribution in [0.2, 0.25) is 0 Å². The number of aromatic nitrogens is 1. The number of rotatable bonds is 5. The minimum Gasteiger partial charge on any atom is -0.368 e. The summed E-state index contributed by atoms with van der Waals surface area (Å²) in [6.45, 7) is 0. The Labute approximate surface area is 122 Å². The highest BCUT2D eigenvalue weighted by atomic mass is 16.2. The van der Waals surface area contributed by atoms with Crippen LogP contribution in [0.1, 0.15) is 5.56 Å². The molecule has 0 spiro atoms. The lowest BCUT2D eigenvalue weighted by atomic mass is 10.1. The number of nitrogens with two attached hydrogens (primary N) is 1. The molecule has 0 saturated carbocycles. The first-order chi connectivity index (χ1) is 10.1. The lowest BCUT2D eigenvalue weighted by Crippen LogP contribution is -2.47. The maximum atomic E-state index is 11.9. The standard InChI is InChI=1S/C15H16N4O2/c16-14(20)13(10-11-4-2-1-3-5-11)19-15(21)18-12-6-8-17-9-7-12/h1-9,13H,10H2,(H2,16,20)(H2,17,18,19,21). The summed E-state index contributed by atoms with van der Waals surface area (Å²) in [6, 6.07) is 11.4. The predicted octanol–water partition coefficient (Wildman–Crippen LogP) is 1.30. The van der Waals surface area contributed by atoms with Crippen LogP contribution in [-0.2, 0) is 11.2 Å². The van der Waals surface area contributed by atoms with Gasteiger partial charge in [-0.3, -0.25) is 9.78 Å². The number of hydrogen-bond donors (Lipinski definition) is 3. The maximum Gasteiger partial charge on any atom is 0.319 e. The monoisotopic (exact) mass is 284 g/mol. The van der Waals surface area contributed by atoms with Crippen molar-refractivity contribution in [3.05, 3.63) is 60.4 Å². The van der Waals surface area contributed by atoms with Crippen LogP contribution in [-0.4, -0.2) is 23.0 Å². The van der Waals surface area contributed by atoms with E-state index in [0.29, 0.717) is 12.1 Å². The van der Waals surface area contributed by atoms with Crippen LogP contribution < -0.4 is 16.4 Å². The van der Waals surface area contributed by atoms with E-state index in [1.165, 1.54) is 0 Å². The number of primary amides is 1. The van der Waals surface area contributed by atoms with E-state index >= 15 is 0 Å². The summed E-state index contributed by atoms with van der Waals surface area (Å²) in [5.41, 5.74) is 6.84. The van der Waals surface area contributed by atoms with E-state index in [1.807, 2.05) is 30.3 Å². The van der Waals surface area contributed by atoms with Gasteiger partial charge < -0.3 is 16.4 Å². The van der Waals surface area contributed by atoms with Crippen molar-refractivity contribution in [3.63, 3.8) is 0 Å². The lowest BCUT2D eigenvalue weighted by Gasteiger charge is -2.16. The first kappa shape index (κ1) is 14.5. The van der Waals surface area contributed by atoms with Gasteiger partial charge >= 0.3 is 6.03 Å². The van der Waals surface area contributed by atoms with Gasteiger partial charge in [-0.25, -0.2) is 4.79 Å². The number of carbonyl (C=O) groups is 2. The molecule has 1 aromatic carbocycles. The summed E-state index contributed by atoms with van der Waals surface area (Å²) in [5.74, 6) is -0.580. The van der Waals surface area contributed by atoms with Crippen LogP contribution in [0.15, 0.2) is 54.9 Å². The van der Waals surface area contributed by atoms with Crippen molar-refractivity contribution in [2.45, 2.75) is 12.5 Å². The molecule has 0 aliphatic heterocycles. The summed E-state index contributed by atoms with van der Waals surface area (Å²) in [4.78, 5) is 27.2. The molecule has 1 heterocycles. The van der Waals surface area contributed by atoms with Crippen LogP contribution in [0.3, 0.4) is 0 Å². The minimum absolute atomic E-state index is 0.347. The number of nitrogens with one attached hydrogen (secondary N) is 2. The molecule has 0 saturated heterocycles. The van der Waals surface area contributed by atoms with E-state index in [0.717, 1.165) is 5.56 Å². The van der Waals surface area contributed by atoms with E-state index < -0.39 is 18.0 Å². The molecular weight excluding hydrogens is 268 g/mol. The zero-order valence-electron chi connectivity index (χ0n) is 11.3. The number of anilines is 1. The molecule has 1 unspecified atom stereocenters. The third-order valence-corrected chi connectivity index (χ3v) is 2.87. The fourth-order valence-electron chi connectivity index (χ4n) is 1.83. The molecule has 0 fully saturated rings. The molecule has 0 radical (unpaired) electrons. The Bertz CT molecular complexity index is 602. The van der Waals surface area contributed by atoms with Crippen molar-refractivity contribution < 1.29 is 9.59 Å². The van der Waals surface area contributed by atoms with Crippen molar-refractivity contribution in [2.24, 2.45) is 5.73 Å². The topological polar surface area (TPSA) is 97.1 Å². The molecule has 1 atom stereocenters. The van der Waals surface area contributed by atoms with E-state index in [-0.39, 0.29) is 0 Å². The van der Waals surface area contributed by atoms with Gasteiger partial charge in [0.1, 0.15) is 6.04 Å². The molecule has 6 heteroatoms. The molecule has 0 aliphatic rings. The van der Waals surface area contributed by atoms with Gasteiger partial charge in [0.25, 0.3) is 0 Å². The highest BCUT2D eigenvalue weighted by Crippen LogP contribution is 2.05. The summed E-state index contributed by atoms with van der Waals surface area (Å²) >= 11 is 0. The number of hydrogen-bond acceptors (Lipinski definition) is 3. The highest BCUT2D eigenvalue weighted by molar-refractivity contribution is 5.93. The van der Waals surface area contributed by atoms with Crippen LogP contribution >= 0.6 is 0 Å². The second-order valence-electron chi connectivity index (χ2n) is 4.48. The van der Waals surface area contributed by atoms with Crippen molar-refractivity contribution in [3.8, 4) is 0 Å². The summed E-state index contributed by atoms with van der Waals surface area (Å²) in [6.07, 6.45) is 3.47. The Balaban J connectivity index is 1.96. The van der Waals surface area contributed by atoms with E-state index in [1.54, 1.807) is 24.5 Å². The third kappa shape index (κ3) is 4.61. The highest BCUT2D eigenvalue weighted by Gasteiger charge is 2.18. The van der Waals surface area contributed by atoms with Gasteiger partial charge in [0, 0.05) is 24.5 Å². The van der Waals surface area contributed by atoms with Gasteiger partial charge in [-0.15, -0.1) is 0 Å². The Morgan fingerprint density at radius 2 is 1.76 bits per heavy atom. The van der Waals surface area contributed by atoms with Crippen molar-refractivity contribution in [2.75, 3.05) is 5.32 Å². The molecule has 0 aliphatic carbocycles. The SMILES string of the molecule is NC(=O)C(Cc1ccccc1)NC(=O)Nc1ccncc1. The summed E-state index contributed by atoms with van der Waals surface area (Å²) < 4.78 is 0. The molecule has 2 rings (SSSR count). The van der Waals surface area contributed by atoms with E-state index in [2.05, 4.69) is 15.6 Å². The van der Waals surface area contributed by atoms with Crippen LogP contribution in [0.25, 0.3) is 0 Å². The Morgan fingerprint density at radius 1 is 1.10 bits per heavy atom. The van der Waals surface area contributed by atoms with Gasteiger partial charge in [-0.1, -0.05) is 30.3 Å². The number of amides is 3. The van der Waals surface area contributed by atoms with Crippen LogP contribution in [0.4, 0.5) is 10.5 Å². The first-order valence-electron chi connectivity index (χ1n) is 6.46. The molecule has 6 nitrogen and oxygen atoms in total. The molecular formula is C15H16N4O2. The predicted molar refractivity (Wildman–Crippen MR) is 79.5 cm³/mol. The largest absolute Gasteiger partial charge is 0.368 e. The smallest absolute Gasteiger partial charge is 0.319 e.